The van der Waals surface area contributed by atoms with Crippen LogP contribution in [0.5, 0.6) is 0 Å². The van der Waals surface area contributed by atoms with Gasteiger partial charge >= 0.3 is 11.9 Å². The maximum atomic E-state index is 14.8. The second kappa shape index (κ2) is 26.0. The van der Waals surface area contributed by atoms with E-state index >= 15 is 0 Å². The Morgan fingerprint density at radius 3 is 1.26 bits per heavy atom. The Hall–Kier alpha value is -7.48. The number of para-hydroxylation sites is 4. The number of likely N-dealkylation sites (N-methyl/N-ethyl adjacent to an activating group) is 4. The number of rotatable bonds is 6. The van der Waals surface area contributed by atoms with Gasteiger partial charge in [-0.3, -0.25) is 48.3 Å². The molecule has 2 saturated heterocycles. The van der Waals surface area contributed by atoms with Gasteiger partial charge in [0.15, 0.2) is 0 Å². The summed E-state index contributed by atoms with van der Waals surface area (Å²) in [4.78, 5) is 165. The van der Waals surface area contributed by atoms with E-state index in [2.05, 4.69) is 41.2 Å². The zero-order valence-corrected chi connectivity index (χ0v) is 46.0. The normalized spacial score (nSPS) is 24.7. The highest BCUT2D eigenvalue weighted by atomic mass is 32.2. The Bertz CT molecular complexity index is 2720. The van der Waals surface area contributed by atoms with Gasteiger partial charge in [-0.25, -0.2) is 19.6 Å². The molecule has 6 rings (SSSR count). The lowest BCUT2D eigenvalue weighted by Crippen LogP contribution is -2.60. The quantitative estimate of drug-likeness (QED) is 0.193. The molecule has 2 bridgehead atoms. The number of cyclic esters (lactones) is 2. The Balaban J connectivity index is 1.39. The van der Waals surface area contributed by atoms with Crippen molar-refractivity contribution < 1.29 is 57.4 Å². The van der Waals surface area contributed by atoms with Crippen molar-refractivity contribution in [3.05, 3.63) is 72.3 Å². The second-order valence-corrected chi connectivity index (χ2v) is 21.8. The van der Waals surface area contributed by atoms with E-state index in [1.165, 1.54) is 78.0 Å². The number of hydrogen-bond donors (Lipinski definition) is 4. The molecule has 2 aromatic heterocycles. The van der Waals surface area contributed by atoms with E-state index in [-0.39, 0.29) is 28.0 Å². The first-order chi connectivity index (χ1) is 36.5. The maximum absolute atomic E-state index is 14.8. The summed E-state index contributed by atoms with van der Waals surface area (Å²) in [6, 6.07) is 2.25. The van der Waals surface area contributed by atoms with Gasteiger partial charge in [-0.05, 0) is 49.9 Å². The molecule has 8 atom stereocenters. The van der Waals surface area contributed by atoms with Crippen molar-refractivity contribution in [3.63, 3.8) is 0 Å². The van der Waals surface area contributed by atoms with Crippen LogP contribution in [-0.4, -0.2) is 205 Å². The lowest BCUT2D eigenvalue weighted by Gasteiger charge is -2.36. The lowest BCUT2D eigenvalue weighted by molar-refractivity contribution is -0.160. The second-order valence-electron chi connectivity index (χ2n) is 19.3. The first-order valence-electron chi connectivity index (χ1n) is 24.7. The van der Waals surface area contributed by atoms with Crippen LogP contribution in [0, 0.1) is 11.8 Å². The lowest BCUT2D eigenvalue weighted by atomic mass is 10.0. The van der Waals surface area contributed by atoms with Gasteiger partial charge in [0.05, 0.1) is 34.5 Å². The molecule has 4 N–H and O–H groups in total. The zero-order chi connectivity index (χ0) is 56.4. The third-order valence-electron chi connectivity index (χ3n) is 13.0. The van der Waals surface area contributed by atoms with Crippen molar-refractivity contribution in [2.24, 2.45) is 11.8 Å². The molecule has 2 aromatic carbocycles. The fourth-order valence-corrected chi connectivity index (χ4v) is 11.1. The Kier molecular flexibility index (Phi) is 19.9. The minimum atomic E-state index is -1.66. The zero-order valence-electron chi connectivity index (χ0n) is 44.4. The molecule has 0 aliphatic carbocycles. The van der Waals surface area contributed by atoms with Crippen LogP contribution in [0.2, 0.25) is 0 Å². The van der Waals surface area contributed by atoms with Crippen LogP contribution in [-0.2, 0) is 47.8 Å². The van der Waals surface area contributed by atoms with Crippen LogP contribution in [0.3, 0.4) is 0 Å². The fourth-order valence-electron chi connectivity index (χ4n) is 8.71. The molecule has 26 heteroatoms. The third-order valence-corrected chi connectivity index (χ3v) is 15.5. The Labute approximate surface area is 453 Å². The molecular weight excluding hydrogens is 1040 g/mol. The van der Waals surface area contributed by atoms with Crippen LogP contribution in [0.25, 0.3) is 22.1 Å². The van der Waals surface area contributed by atoms with E-state index in [0.717, 1.165) is 19.6 Å². The summed E-state index contributed by atoms with van der Waals surface area (Å²) in [5.41, 5.74) is 1.39. The first kappa shape index (κ1) is 58.8. The van der Waals surface area contributed by atoms with Crippen LogP contribution >= 0.6 is 23.5 Å². The number of ether oxygens (including phenoxy) is 2. The maximum Gasteiger partial charge on any atom is 0.329 e. The Morgan fingerprint density at radius 2 is 0.909 bits per heavy atom. The van der Waals surface area contributed by atoms with Gasteiger partial charge < -0.3 is 50.3 Å². The molecule has 77 heavy (non-hydrogen) atoms. The number of thioether (sulfide) groups is 2. The minimum Gasteiger partial charge on any atom is -0.461 e. The molecule has 4 heterocycles. The summed E-state index contributed by atoms with van der Waals surface area (Å²) in [6.07, 6.45) is 2.41. The smallest absolute Gasteiger partial charge is 0.329 e. The monoisotopic (exact) mass is 1100 g/mol. The van der Waals surface area contributed by atoms with E-state index in [4.69, 9.17) is 9.47 Å². The highest BCUT2D eigenvalue weighted by molar-refractivity contribution is 8.16. The molecule has 0 saturated carbocycles. The first-order valence-corrected chi connectivity index (χ1v) is 27.0. The number of carbonyl (C=O) groups excluding carboxylic acids is 10. The SMILES string of the molecule is CC(C)[C@H]1C(=O)OC[C@@H](NC(=O)c2cnc3ccccc3n2)C(=O)N[C@H](C)C(=O)N(C)[C@H]2CSCSC[C@@H](C(=O)N1C)N(C)C(=O)[C@H](C)NC(=O)C(NC(=O)c1cnc3ccccc3n1)COC(=O)[C@@H](C(C)C)N(C)C2=O. The average Bonchev–Trinajstić information content (AvgIpc) is 3.40. The van der Waals surface area contributed by atoms with Crippen molar-refractivity contribution >= 4 is 105 Å². The molecule has 2 aliphatic heterocycles. The molecule has 4 aromatic rings. The summed E-state index contributed by atoms with van der Waals surface area (Å²) in [5.74, 6) is -9.95. The summed E-state index contributed by atoms with van der Waals surface area (Å²) in [6.45, 7) is 7.75. The van der Waals surface area contributed by atoms with Gasteiger partial charge in [-0.2, -0.15) is 0 Å². The highest BCUT2D eigenvalue weighted by Crippen LogP contribution is 2.24. The number of nitrogens with zero attached hydrogens (tertiary/aromatic N) is 8. The van der Waals surface area contributed by atoms with Crippen LogP contribution in [0.1, 0.15) is 62.5 Å². The predicted octanol–water partition coefficient (Wildman–Crippen LogP) is 0.637. The summed E-state index contributed by atoms with van der Waals surface area (Å²) >= 11 is 2.42. The number of amides is 8. The van der Waals surface area contributed by atoms with Gasteiger partial charge in [-0.1, -0.05) is 52.0 Å². The number of esters is 2. The third kappa shape index (κ3) is 14.1. The number of benzene rings is 2. The molecule has 0 spiro atoms. The van der Waals surface area contributed by atoms with Crippen LogP contribution < -0.4 is 21.3 Å². The van der Waals surface area contributed by atoms with Gasteiger partial charge in [-0.15, -0.1) is 23.5 Å². The number of carbonyl (C=O) groups is 10. The van der Waals surface area contributed by atoms with Crippen LogP contribution in [0.4, 0.5) is 0 Å². The number of aromatic nitrogens is 4. The van der Waals surface area contributed by atoms with Crippen molar-refractivity contribution in [1.29, 1.82) is 0 Å². The molecule has 412 valence electrons. The van der Waals surface area contributed by atoms with Gasteiger partial charge in [0.2, 0.25) is 35.4 Å². The number of hydrogen-bond acceptors (Lipinski definition) is 18. The fraction of sp³-hybridized carbons (Fsp3) is 0.490. The molecule has 0 radical (unpaired) electrons. The summed E-state index contributed by atoms with van der Waals surface area (Å²) in [7, 11) is 5.40. The van der Waals surface area contributed by atoms with Gasteiger partial charge in [0, 0.05) is 44.8 Å². The topological polar surface area (TPSA) is 302 Å². The highest BCUT2D eigenvalue weighted by Gasteiger charge is 2.42. The molecule has 2 aliphatic rings. The van der Waals surface area contributed by atoms with Crippen molar-refractivity contribution in [2.45, 2.75) is 89.9 Å². The standard InChI is InChI=1S/C51H64N12O12S2/c1-26(2)40-50(72)74-21-36(58-42(64)34-19-52-30-15-11-13-17-32(30)56-34)44(66)54-29(6)47(69)61(8)39-24-77-25-76-23-38(48(70)62(40)9)60(7)46(68)28(5)55-45(67)37(22-75-51(73)41(27(3)4)63(10)49(39)71)59-43(65)35-20-53-31-16-12-14-18-33(31)57-35/h11-20,26-29,36-41H,21-25H2,1-10H3,(H,54,66)(H,55,67)(H,58,64)(H,59,65)/t28-,29+,36+,37?,38-,39-,40-,41+/m0/s1. The summed E-state index contributed by atoms with van der Waals surface area (Å²) in [5, 5.41) is 10.4. The summed E-state index contributed by atoms with van der Waals surface area (Å²) < 4.78 is 11.5. The van der Waals surface area contributed by atoms with Gasteiger partial charge in [0.1, 0.15) is 72.9 Å². The Morgan fingerprint density at radius 1 is 0.558 bits per heavy atom. The number of fused-ring (bicyclic) bond motifs is 8. The van der Waals surface area contributed by atoms with Crippen molar-refractivity contribution in [1.82, 2.24) is 60.8 Å². The minimum absolute atomic E-state index is 0.0727. The van der Waals surface area contributed by atoms with E-state index in [1.54, 1.807) is 76.2 Å². The molecular formula is C51H64N12O12S2. The average molecular weight is 1100 g/mol. The van der Waals surface area contributed by atoms with E-state index < -0.39 is 133 Å². The van der Waals surface area contributed by atoms with Crippen LogP contribution in [0.15, 0.2) is 60.9 Å². The van der Waals surface area contributed by atoms with E-state index in [9.17, 15) is 47.9 Å². The predicted molar refractivity (Wildman–Crippen MR) is 284 cm³/mol. The molecule has 1 unspecified atom stereocenters. The molecule has 24 nitrogen and oxygen atoms in total. The molecule has 8 amide bonds. The number of nitrogens with one attached hydrogen (secondary N) is 4. The molecule has 2 fully saturated rings. The van der Waals surface area contributed by atoms with Crippen molar-refractivity contribution in [3.8, 4) is 0 Å². The van der Waals surface area contributed by atoms with E-state index in [0.29, 0.717) is 22.1 Å². The largest absolute Gasteiger partial charge is 0.461 e. The van der Waals surface area contributed by atoms with E-state index in [1.807, 2.05) is 0 Å². The van der Waals surface area contributed by atoms with Crippen molar-refractivity contribution in [2.75, 3.05) is 58.0 Å². The van der Waals surface area contributed by atoms with Gasteiger partial charge in [0.25, 0.3) is 11.8 Å².